The third-order valence-corrected chi connectivity index (χ3v) is 7.27. The van der Waals surface area contributed by atoms with E-state index in [1.54, 1.807) is 18.2 Å². The Bertz CT molecular complexity index is 607. The molecule has 5 rings (SSSR count). The van der Waals surface area contributed by atoms with Gasteiger partial charge < -0.3 is 5.32 Å². The minimum Gasteiger partial charge on any atom is -0.349 e. The van der Waals surface area contributed by atoms with Crippen molar-refractivity contribution in [3.05, 3.63) is 33.8 Å². The van der Waals surface area contributed by atoms with E-state index in [9.17, 15) is 4.79 Å². The van der Waals surface area contributed by atoms with Crippen LogP contribution in [0.5, 0.6) is 0 Å². The molecular formula is C19H23Cl2NO. The summed E-state index contributed by atoms with van der Waals surface area (Å²) >= 11 is 12.0. The second-order valence-corrected chi connectivity index (χ2v) is 8.92. The number of hydrogen-bond acceptors (Lipinski definition) is 1. The monoisotopic (exact) mass is 351 g/mol. The molecule has 4 saturated carbocycles. The molecule has 0 radical (unpaired) electrons. The molecule has 4 aliphatic carbocycles. The lowest BCUT2D eigenvalue weighted by molar-refractivity contribution is -0.0688. The summed E-state index contributed by atoms with van der Waals surface area (Å²) in [6.07, 6.45) is 8.15. The molecule has 0 saturated heterocycles. The summed E-state index contributed by atoms with van der Waals surface area (Å²) in [5.41, 5.74) is 0.914. The number of carbonyl (C=O) groups is 1. The van der Waals surface area contributed by atoms with E-state index in [4.69, 9.17) is 23.2 Å². The number of rotatable bonds is 3. The fourth-order valence-corrected chi connectivity index (χ4v) is 6.08. The van der Waals surface area contributed by atoms with Crippen LogP contribution in [0.25, 0.3) is 0 Å². The van der Waals surface area contributed by atoms with Gasteiger partial charge in [0.25, 0.3) is 5.91 Å². The molecule has 0 spiro atoms. The molecule has 1 amide bonds. The van der Waals surface area contributed by atoms with Crippen molar-refractivity contribution in [1.29, 1.82) is 0 Å². The minimum absolute atomic E-state index is 0.0354. The Labute approximate surface area is 147 Å². The van der Waals surface area contributed by atoms with E-state index < -0.39 is 0 Å². The zero-order valence-corrected chi connectivity index (χ0v) is 15.0. The standard InChI is InChI=1S/C19H23Cl2NO/c1-11(22-18(23)15-2-3-16(20)17(21)7-15)19-8-12-4-13(9-19)6-14(5-12)10-19/h2-3,7,11-14H,4-6,8-10H2,1H3,(H,22,23)/t11-,12?,13?,14?,19?/m1/s1. The lowest BCUT2D eigenvalue weighted by atomic mass is 9.48. The lowest BCUT2D eigenvalue weighted by Crippen LogP contribution is -2.55. The van der Waals surface area contributed by atoms with E-state index >= 15 is 0 Å². The first-order chi connectivity index (χ1) is 10.9. The van der Waals surface area contributed by atoms with Gasteiger partial charge in [-0.3, -0.25) is 4.79 Å². The Hall–Kier alpha value is -0.730. The molecule has 1 atom stereocenters. The van der Waals surface area contributed by atoms with Gasteiger partial charge in [-0.05, 0) is 86.8 Å². The van der Waals surface area contributed by atoms with Crippen LogP contribution in [-0.2, 0) is 0 Å². The zero-order valence-electron chi connectivity index (χ0n) is 13.4. The van der Waals surface area contributed by atoms with E-state index in [1.165, 1.54) is 38.5 Å². The smallest absolute Gasteiger partial charge is 0.251 e. The number of carbonyl (C=O) groups excluding carboxylic acids is 1. The third kappa shape index (κ3) is 2.78. The first kappa shape index (κ1) is 15.8. The molecule has 1 aromatic carbocycles. The summed E-state index contributed by atoms with van der Waals surface area (Å²) in [6, 6.07) is 5.31. The number of hydrogen-bond donors (Lipinski definition) is 1. The lowest BCUT2D eigenvalue weighted by Gasteiger charge is -2.59. The van der Waals surface area contributed by atoms with Gasteiger partial charge in [0, 0.05) is 11.6 Å². The van der Waals surface area contributed by atoms with E-state index in [0.717, 1.165) is 17.8 Å². The van der Waals surface area contributed by atoms with Crippen molar-refractivity contribution in [3.63, 3.8) is 0 Å². The fraction of sp³-hybridized carbons (Fsp3) is 0.632. The molecule has 4 bridgehead atoms. The molecule has 1 N–H and O–H groups in total. The Morgan fingerprint density at radius 1 is 1.09 bits per heavy atom. The molecule has 2 nitrogen and oxygen atoms in total. The van der Waals surface area contributed by atoms with E-state index in [0.29, 0.717) is 21.0 Å². The average molecular weight is 352 g/mol. The number of nitrogens with one attached hydrogen (secondary N) is 1. The topological polar surface area (TPSA) is 29.1 Å². The van der Waals surface area contributed by atoms with E-state index in [2.05, 4.69) is 12.2 Å². The Kier molecular flexibility index (Phi) is 3.89. The van der Waals surface area contributed by atoms with Crippen LogP contribution in [0.15, 0.2) is 18.2 Å². The highest BCUT2D eigenvalue weighted by Gasteiger charge is 2.53. The average Bonchev–Trinajstić information content (AvgIpc) is 2.48. The highest BCUT2D eigenvalue weighted by molar-refractivity contribution is 6.42. The Morgan fingerprint density at radius 2 is 1.65 bits per heavy atom. The maximum atomic E-state index is 12.6. The van der Waals surface area contributed by atoms with Crippen molar-refractivity contribution in [2.75, 3.05) is 0 Å². The van der Waals surface area contributed by atoms with Gasteiger partial charge in [0.1, 0.15) is 0 Å². The van der Waals surface area contributed by atoms with Crippen LogP contribution in [0, 0.1) is 23.2 Å². The first-order valence-corrected chi connectivity index (χ1v) is 9.47. The van der Waals surface area contributed by atoms with Crippen molar-refractivity contribution >= 4 is 29.1 Å². The predicted molar refractivity (Wildman–Crippen MR) is 94.0 cm³/mol. The van der Waals surface area contributed by atoms with Crippen LogP contribution in [-0.4, -0.2) is 11.9 Å². The van der Waals surface area contributed by atoms with Gasteiger partial charge in [-0.1, -0.05) is 23.2 Å². The summed E-state index contributed by atoms with van der Waals surface area (Å²) in [6.45, 7) is 2.20. The molecule has 0 heterocycles. The van der Waals surface area contributed by atoms with Crippen LogP contribution in [0.2, 0.25) is 10.0 Å². The predicted octanol–water partition coefficient (Wildman–Crippen LogP) is 5.33. The van der Waals surface area contributed by atoms with Gasteiger partial charge in [-0.2, -0.15) is 0 Å². The van der Waals surface area contributed by atoms with Gasteiger partial charge in [-0.15, -0.1) is 0 Å². The molecule has 4 aliphatic rings. The SMILES string of the molecule is C[C@@H](NC(=O)c1ccc(Cl)c(Cl)c1)C12CC3CC(CC(C3)C1)C2. The van der Waals surface area contributed by atoms with Crippen molar-refractivity contribution in [1.82, 2.24) is 5.32 Å². The molecule has 0 aromatic heterocycles. The maximum absolute atomic E-state index is 12.6. The van der Waals surface area contributed by atoms with Crippen LogP contribution < -0.4 is 5.32 Å². The molecule has 0 unspecified atom stereocenters. The summed E-state index contributed by atoms with van der Waals surface area (Å²) < 4.78 is 0. The largest absolute Gasteiger partial charge is 0.349 e. The second kappa shape index (κ2) is 5.67. The van der Waals surface area contributed by atoms with Crippen LogP contribution >= 0.6 is 23.2 Å². The molecular weight excluding hydrogens is 329 g/mol. The van der Waals surface area contributed by atoms with Crippen molar-refractivity contribution < 1.29 is 4.79 Å². The van der Waals surface area contributed by atoms with Gasteiger partial charge in [0.2, 0.25) is 0 Å². The molecule has 4 fully saturated rings. The van der Waals surface area contributed by atoms with Gasteiger partial charge in [0.15, 0.2) is 0 Å². The Morgan fingerprint density at radius 3 is 2.17 bits per heavy atom. The Balaban J connectivity index is 1.50. The quantitative estimate of drug-likeness (QED) is 0.783. The fourth-order valence-electron chi connectivity index (χ4n) is 5.78. The summed E-state index contributed by atoms with van der Waals surface area (Å²) in [4.78, 5) is 12.6. The van der Waals surface area contributed by atoms with E-state index in [1.807, 2.05) is 0 Å². The minimum atomic E-state index is -0.0354. The maximum Gasteiger partial charge on any atom is 0.251 e. The van der Waals surface area contributed by atoms with Gasteiger partial charge in [-0.25, -0.2) is 0 Å². The van der Waals surface area contributed by atoms with Crippen molar-refractivity contribution in [2.24, 2.45) is 23.2 Å². The van der Waals surface area contributed by atoms with Crippen LogP contribution in [0.4, 0.5) is 0 Å². The second-order valence-electron chi connectivity index (χ2n) is 8.10. The molecule has 1 aromatic rings. The van der Waals surface area contributed by atoms with Gasteiger partial charge >= 0.3 is 0 Å². The first-order valence-electron chi connectivity index (χ1n) is 8.71. The van der Waals surface area contributed by atoms with E-state index in [-0.39, 0.29) is 11.9 Å². The summed E-state index contributed by atoms with van der Waals surface area (Å²) in [7, 11) is 0. The zero-order chi connectivity index (χ0) is 16.2. The number of benzene rings is 1. The highest BCUT2D eigenvalue weighted by Crippen LogP contribution is 2.61. The van der Waals surface area contributed by atoms with Gasteiger partial charge in [0.05, 0.1) is 10.0 Å². The highest BCUT2D eigenvalue weighted by atomic mass is 35.5. The molecule has 124 valence electrons. The van der Waals surface area contributed by atoms with Crippen LogP contribution in [0.1, 0.15) is 55.8 Å². The molecule has 4 heteroatoms. The molecule has 23 heavy (non-hydrogen) atoms. The third-order valence-electron chi connectivity index (χ3n) is 6.53. The number of amides is 1. The number of halogens is 2. The van der Waals surface area contributed by atoms with Crippen molar-refractivity contribution in [2.45, 2.75) is 51.5 Å². The van der Waals surface area contributed by atoms with Crippen LogP contribution in [0.3, 0.4) is 0 Å². The molecule has 0 aliphatic heterocycles. The van der Waals surface area contributed by atoms with Crippen molar-refractivity contribution in [3.8, 4) is 0 Å². The summed E-state index contributed by atoms with van der Waals surface area (Å²) in [5, 5.41) is 4.18. The normalized spacial score (nSPS) is 36.0. The summed E-state index contributed by atoms with van der Waals surface area (Å²) in [5.74, 6) is 2.65.